The van der Waals surface area contributed by atoms with Crippen molar-refractivity contribution >= 4 is 39.1 Å². The van der Waals surface area contributed by atoms with E-state index < -0.39 is 12.9 Å². The average Bonchev–Trinajstić information content (AvgIpc) is 2.38. The summed E-state index contributed by atoms with van der Waals surface area (Å²) in [6, 6.07) is 4.42. The molecule has 1 aromatic carbocycles. The summed E-state index contributed by atoms with van der Waals surface area (Å²) in [5.74, 6) is 0. The van der Waals surface area contributed by atoms with Crippen molar-refractivity contribution < 1.29 is 22.7 Å². The predicted molar refractivity (Wildman–Crippen MR) is 89.0 cm³/mol. The minimum absolute atomic E-state index is 0.0719. The molecule has 0 saturated carbocycles. The van der Waals surface area contributed by atoms with Gasteiger partial charge >= 0.3 is 140 Å². The Morgan fingerprint density at radius 2 is 1.76 bits per heavy atom. The Bertz CT molecular complexity index is 502. The maximum absolute atomic E-state index is 15.0. The molecule has 0 saturated heterocycles. The molecule has 21 heavy (non-hydrogen) atoms. The van der Waals surface area contributed by atoms with Gasteiger partial charge in [-0.2, -0.15) is 0 Å². The molecule has 1 rings (SSSR count). The number of hydrogen-bond donors (Lipinski definition) is 1. The van der Waals surface area contributed by atoms with E-state index >= 15 is 0 Å². The monoisotopic (exact) mass is 450 g/mol. The van der Waals surface area contributed by atoms with Gasteiger partial charge in [-0.3, -0.25) is 0 Å². The van der Waals surface area contributed by atoms with Crippen LogP contribution in [0.4, 0.5) is 8.78 Å². The second-order valence-electron chi connectivity index (χ2n) is 4.63. The maximum atomic E-state index is 15.0. The standard InChI is InChI=1S/C13H19Br2F2O3P/c1-4-19-21(3,18,20-5-2)13(16,17)11-7-6-10(9-14)8-12(11)15/h6-8,18H,4-5,9H2,1-3H3. The molecule has 1 N–H and O–H groups in total. The molecule has 0 aliphatic carbocycles. The Morgan fingerprint density at radius 3 is 2.14 bits per heavy atom. The van der Waals surface area contributed by atoms with Crippen LogP contribution in [-0.4, -0.2) is 24.8 Å². The molecule has 0 bridgehead atoms. The molecule has 0 amide bonds. The zero-order chi connectivity index (χ0) is 16.3. The normalized spacial score (nSPS) is 14.8. The second-order valence-corrected chi connectivity index (χ2v) is 9.75. The molecule has 0 radical (unpaired) electrons. The quantitative estimate of drug-likeness (QED) is 0.446. The van der Waals surface area contributed by atoms with Gasteiger partial charge < -0.3 is 0 Å². The Labute approximate surface area is 140 Å². The van der Waals surface area contributed by atoms with Gasteiger partial charge in [0.05, 0.1) is 0 Å². The van der Waals surface area contributed by atoms with Gasteiger partial charge in [0.15, 0.2) is 0 Å². The van der Waals surface area contributed by atoms with Crippen LogP contribution in [0, 0.1) is 0 Å². The van der Waals surface area contributed by atoms with Crippen LogP contribution < -0.4 is 0 Å². The van der Waals surface area contributed by atoms with Crippen molar-refractivity contribution in [1.82, 2.24) is 0 Å². The van der Waals surface area contributed by atoms with Crippen molar-refractivity contribution in [2.75, 3.05) is 19.9 Å². The first-order valence-electron chi connectivity index (χ1n) is 6.40. The fourth-order valence-corrected chi connectivity index (χ4v) is 5.50. The zero-order valence-electron chi connectivity index (χ0n) is 12.1. The molecule has 122 valence electrons. The average molecular weight is 452 g/mol. The third kappa shape index (κ3) is 3.65. The van der Waals surface area contributed by atoms with Gasteiger partial charge in [0.2, 0.25) is 0 Å². The Hall–Kier alpha value is 0.350. The van der Waals surface area contributed by atoms with Crippen LogP contribution in [0.15, 0.2) is 22.7 Å². The predicted octanol–water partition coefficient (Wildman–Crippen LogP) is 5.39. The van der Waals surface area contributed by atoms with E-state index in [9.17, 15) is 13.7 Å². The third-order valence-corrected chi connectivity index (χ3v) is 7.56. The summed E-state index contributed by atoms with van der Waals surface area (Å²) in [5.41, 5.74) is -3.17. The van der Waals surface area contributed by atoms with Crippen molar-refractivity contribution in [1.29, 1.82) is 0 Å². The van der Waals surface area contributed by atoms with E-state index in [0.29, 0.717) is 5.33 Å². The first-order valence-corrected chi connectivity index (χ1v) is 10.8. The number of benzene rings is 1. The first kappa shape index (κ1) is 19.4. The van der Waals surface area contributed by atoms with Crippen LogP contribution in [0.3, 0.4) is 0 Å². The van der Waals surface area contributed by atoms with Gasteiger partial charge in [0.25, 0.3) is 0 Å². The second kappa shape index (κ2) is 6.85. The number of alkyl halides is 3. The van der Waals surface area contributed by atoms with Gasteiger partial charge in [0, 0.05) is 0 Å². The molecule has 0 heterocycles. The van der Waals surface area contributed by atoms with Crippen LogP contribution >= 0.6 is 39.1 Å². The van der Waals surface area contributed by atoms with E-state index in [1.165, 1.54) is 6.07 Å². The molecule has 3 nitrogen and oxygen atoms in total. The van der Waals surface area contributed by atoms with Crippen LogP contribution in [0.5, 0.6) is 0 Å². The molecule has 0 fully saturated rings. The van der Waals surface area contributed by atoms with Crippen molar-refractivity contribution in [3.63, 3.8) is 0 Å². The molecular formula is C13H19Br2F2O3P. The molecule has 0 spiro atoms. The van der Waals surface area contributed by atoms with E-state index in [0.717, 1.165) is 12.2 Å². The summed E-state index contributed by atoms with van der Waals surface area (Å²) in [6.45, 7) is 3.91. The molecule has 0 atom stereocenters. The summed E-state index contributed by atoms with van der Waals surface area (Å²) in [7, 11) is -5.14. The van der Waals surface area contributed by atoms with Gasteiger partial charge in [-0.15, -0.1) is 0 Å². The van der Waals surface area contributed by atoms with E-state index in [1.54, 1.807) is 26.0 Å². The molecule has 0 unspecified atom stereocenters. The number of halogens is 4. The number of rotatable bonds is 7. The summed E-state index contributed by atoms with van der Waals surface area (Å²) >= 11 is 6.41. The molecular weight excluding hydrogens is 433 g/mol. The van der Waals surface area contributed by atoms with Gasteiger partial charge in [0.1, 0.15) is 0 Å². The Balaban J connectivity index is 3.42. The zero-order valence-corrected chi connectivity index (χ0v) is 16.1. The Morgan fingerprint density at radius 1 is 1.24 bits per heavy atom. The van der Waals surface area contributed by atoms with E-state index in [4.69, 9.17) is 9.05 Å². The van der Waals surface area contributed by atoms with Crippen LogP contribution in [0.1, 0.15) is 25.0 Å². The summed E-state index contributed by atoms with van der Waals surface area (Å²) < 4.78 is 40.3. The summed E-state index contributed by atoms with van der Waals surface area (Å²) in [4.78, 5) is 10.6. The van der Waals surface area contributed by atoms with Gasteiger partial charge in [-0.05, 0) is 0 Å². The van der Waals surface area contributed by atoms with Crippen LogP contribution in [0.2, 0.25) is 0 Å². The summed E-state index contributed by atoms with van der Waals surface area (Å²) in [5, 5.41) is 0.545. The van der Waals surface area contributed by atoms with Crippen LogP contribution in [-0.2, 0) is 20.0 Å². The SMILES string of the molecule is CCOP(C)(O)(OCC)C(F)(F)c1ccc(CBr)cc1Br. The van der Waals surface area contributed by atoms with Crippen molar-refractivity contribution in [3.8, 4) is 0 Å². The Kier molecular flexibility index (Phi) is 6.33. The number of hydrogen-bond acceptors (Lipinski definition) is 3. The fourth-order valence-electron chi connectivity index (χ4n) is 1.97. The topological polar surface area (TPSA) is 38.7 Å². The first-order chi connectivity index (χ1) is 9.61. The fraction of sp³-hybridized carbons (Fsp3) is 0.538. The molecule has 0 aromatic heterocycles. The van der Waals surface area contributed by atoms with Gasteiger partial charge in [-0.25, -0.2) is 0 Å². The summed E-state index contributed by atoms with van der Waals surface area (Å²) in [6.07, 6.45) is 0. The van der Waals surface area contributed by atoms with Crippen molar-refractivity contribution in [3.05, 3.63) is 33.8 Å². The third-order valence-electron chi connectivity index (χ3n) is 3.01. The van der Waals surface area contributed by atoms with Gasteiger partial charge in [-0.1, -0.05) is 0 Å². The van der Waals surface area contributed by atoms with Crippen molar-refractivity contribution in [2.45, 2.75) is 24.8 Å². The van der Waals surface area contributed by atoms with E-state index in [1.807, 2.05) is 0 Å². The van der Waals surface area contributed by atoms with Crippen LogP contribution in [0.25, 0.3) is 0 Å². The van der Waals surface area contributed by atoms with E-state index in [2.05, 4.69) is 31.9 Å². The molecule has 0 aliphatic rings. The van der Waals surface area contributed by atoms with E-state index in [-0.39, 0.29) is 23.2 Å². The van der Waals surface area contributed by atoms with Crippen molar-refractivity contribution in [2.24, 2.45) is 0 Å². The minimum atomic E-state index is -5.14. The molecule has 0 aliphatic heterocycles. The molecule has 8 heteroatoms. The molecule has 1 aromatic rings.